The SMILES string of the molecule is CC1CCN(C(=O)c2ccc(Nc3ccc(N4CCCC4)cc3)nc2)CC1. The molecular weight excluding hydrogens is 336 g/mol. The Kier molecular flexibility index (Phi) is 5.28. The third kappa shape index (κ3) is 4.24. The Morgan fingerprint density at radius 3 is 2.33 bits per heavy atom. The lowest BCUT2D eigenvalue weighted by molar-refractivity contribution is 0.0697. The summed E-state index contributed by atoms with van der Waals surface area (Å²) in [6, 6.07) is 12.2. The van der Waals surface area contributed by atoms with Crippen LogP contribution in [0.1, 0.15) is 43.0 Å². The number of hydrogen-bond acceptors (Lipinski definition) is 4. The number of likely N-dealkylation sites (tertiary alicyclic amines) is 1. The van der Waals surface area contributed by atoms with Crippen molar-refractivity contribution >= 4 is 23.1 Å². The number of amides is 1. The maximum Gasteiger partial charge on any atom is 0.255 e. The van der Waals surface area contributed by atoms with E-state index in [1.165, 1.54) is 18.5 Å². The quantitative estimate of drug-likeness (QED) is 0.879. The lowest BCUT2D eigenvalue weighted by Gasteiger charge is -2.30. The molecule has 2 fully saturated rings. The minimum Gasteiger partial charge on any atom is -0.372 e. The minimum absolute atomic E-state index is 0.0934. The molecule has 0 radical (unpaired) electrons. The van der Waals surface area contributed by atoms with Gasteiger partial charge in [-0.05, 0) is 68.0 Å². The van der Waals surface area contributed by atoms with Crippen LogP contribution in [0.3, 0.4) is 0 Å². The number of pyridine rings is 1. The zero-order chi connectivity index (χ0) is 18.6. The Hall–Kier alpha value is -2.56. The van der Waals surface area contributed by atoms with E-state index in [1.807, 2.05) is 17.0 Å². The van der Waals surface area contributed by atoms with Gasteiger partial charge in [0.1, 0.15) is 5.82 Å². The van der Waals surface area contributed by atoms with Crippen LogP contribution in [0.2, 0.25) is 0 Å². The zero-order valence-corrected chi connectivity index (χ0v) is 16.0. The van der Waals surface area contributed by atoms with Gasteiger partial charge in [-0.2, -0.15) is 0 Å². The molecule has 0 unspecified atom stereocenters. The van der Waals surface area contributed by atoms with E-state index in [9.17, 15) is 4.79 Å². The summed E-state index contributed by atoms with van der Waals surface area (Å²) in [5.74, 6) is 1.57. The number of nitrogens with one attached hydrogen (secondary N) is 1. The number of piperidine rings is 1. The second-order valence-electron chi connectivity index (χ2n) is 7.77. The standard InChI is InChI=1S/C22H28N4O/c1-17-10-14-26(15-11-17)22(27)18-4-9-21(23-16-18)24-19-5-7-20(8-6-19)25-12-2-3-13-25/h4-9,16-17H,2-3,10-15H2,1H3,(H,23,24). The number of rotatable bonds is 4. The first-order chi connectivity index (χ1) is 13.2. The molecule has 1 amide bonds. The second-order valence-corrected chi connectivity index (χ2v) is 7.77. The second kappa shape index (κ2) is 7.99. The van der Waals surface area contributed by atoms with Gasteiger partial charge in [0.2, 0.25) is 0 Å². The monoisotopic (exact) mass is 364 g/mol. The van der Waals surface area contributed by atoms with Gasteiger partial charge < -0.3 is 15.1 Å². The van der Waals surface area contributed by atoms with Crippen LogP contribution in [0.25, 0.3) is 0 Å². The maximum atomic E-state index is 12.6. The number of hydrogen-bond donors (Lipinski definition) is 1. The highest BCUT2D eigenvalue weighted by Gasteiger charge is 2.21. The molecule has 0 saturated carbocycles. The Balaban J connectivity index is 1.36. The van der Waals surface area contributed by atoms with Crippen molar-refractivity contribution in [3.8, 4) is 0 Å². The van der Waals surface area contributed by atoms with Crippen molar-refractivity contribution in [1.29, 1.82) is 0 Å². The van der Waals surface area contributed by atoms with Gasteiger partial charge in [0.15, 0.2) is 0 Å². The van der Waals surface area contributed by atoms with Gasteiger partial charge >= 0.3 is 0 Å². The van der Waals surface area contributed by atoms with Crippen LogP contribution in [0, 0.1) is 5.92 Å². The van der Waals surface area contributed by atoms with Crippen LogP contribution >= 0.6 is 0 Å². The molecule has 1 N–H and O–H groups in total. The number of aromatic nitrogens is 1. The molecule has 1 aromatic carbocycles. The fourth-order valence-corrected chi connectivity index (χ4v) is 3.87. The van der Waals surface area contributed by atoms with Crippen LogP contribution in [0.4, 0.5) is 17.2 Å². The molecule has 0 spiro atoms. The van der Waals surface area contributed by atoms with Gasteiger partial charge in [0.25, 0.3) is 5.91 Å². The lowest BCUT2D eigenvalue weighted by Crippen LogP contribution is -2.37. The Labute approximate surface area is 161 Å². The van der Waals surface area contributed by atoms with Crippen molar-refractivity contribution in [2.24, 2.45) is 5.92 Å². The molecule has 4 rings (SSSR count). The number of carbonyl (C=O) groups is 1. The fraction of sp³-hybridized carbons (Fsp3) is 0.455. The average Bonchev–Trinajstić information content (AvgIpc) is 3.24. The summed E-state index contributed by atoms with van der Waals surface area (Å²) in [7, 11) is 0. The Bertz CT molecular complexity index is 758. The average molecular weight is 364 g/mol. The van der Waals surface area contributed by atoms with Crippen molar-refractivity contribution in [2.75, 3.05) is 36.4 Å². The largest absolute Gasteiger partial charge is 0.372 e. The molecule has 0 atom stereocenters. The molecular formula is C22H28N4O. The Morgan fingerprint density at radius 2 is 1.70 bits per heavy atom. The summed E-state index contributed by atoms with van der Waals surface area (Å²) >= 11 is 0. The molecule has 2 aromatic rings. The van der Waals surface area contributed by atoms with Crippen LogP contribution in [0.15, 0.2) is 42.6 Å². The first-order valence-electron chi connectivity index (χ1n) is 10.1. The van der Waals surface area contributed by atoms with Gasteiger partial charge in [0, 0.05) is 43.8 Å². The highest BCUT2D eigenvalue weighted by Crippen LogP contribution is 2.24. The number of anilines is 3. The third-order valence-corrected chi connectivity index (χ3v) is 5.69. The summed E-state index contributed by atoms with van der Waals surface area (Å²) in [6.45, 7) is 6.26. The molecule has 0 bridgehead atoms. The number of nitrogens with zero attached hydrogens (tertiary/aromatic N) is 3. The van der Waals surface area contributed by atoms with Crippen LogP contribution in [0.5, 0.6) is 0 Å². The highest BCUT2D eigenvalue weighted by molar-refractivity contribution is 5.94. The predicted molar refractivity (Wildman–Crippen MR) is 110 cm³/mol. The van der Waals surface area contributed by atoms with Crippen LogP contribution in [-0.2, 0) is 0 Å². The molecule has 2 saturated heterocycles. The van der Waals surface area contributed by atoms with E-state index in [-0.39, 0.29) is 5.91 Å². The Morgan fingerprint density at radius 1 is 1.00 bits per heavy atom. The first kappa shape index (κ1) is 17.8. The van der Waals surface area contributed by atoms with Gasteiger partial charge in [-0.15, -0.1) is 0 Å². The van der Waals surface area contributed by atoms with Crippen molar-refractivity contribution < 1.29 is 4.79 Å². The molecule has 5 heteroatoms. The van der Waals surface area contributed by atoms with Crippen molar-refractivity contribution in [1.82, 2.24) is 9.88 Å². The molecule has 2 aliphatic heterocycles. The molecule has 2 aliphatic rings. The van der Waals surface area contributed by atoms with E-state index in [1.54, 1.807) is 6.20 Å². The van der Waals surface area contributed by atoms with E-state index in [2.05, 4.69) is 46.4 Å². The summed E-state index contributed by atoms with van der Waals surface area (Å²) in [5.41, 5.74) is 2.96. The van der Waals surface area contributed by atoms with Crippen molar-refractivity contribution in [3.63, 3.8) is 0 Å². The molecule has 0 aliphatic carbocycles. The van der Waals surface area contributed by atoms with Gasteiger partial charge in [-0.1, -0.05) is 6.92 Å². The normalized spacial score (nSPS) is 18.0. The molecule has 3 heterocycles. The van der Waals surface area contributed by atoms with E-state index >= 15 is 0 Å². The third-order valence-electron chi connectivity index (χ3n) is 5.69. The highest BCUT2D eigenvalue weighted by atomic mass is 16.2. The van der Waals surface area contributed by atoms with Gasteiger partial charge in [-0.25, -0.2) is 4.98 Å². The van der Waals surface area contributed by atoms with Crippen LogP contribution < -0.4 is 10.2 Å². The lowest BCUT2D eigenvalue weighted by atomic mass is 9.99. The topological polar surface area (TPSA) is 48.5 Å². The minimum atomic E-state index is 0.0934. The zero-order valence-electron chi connectivity index (χ0n) is 16.0. The summed E-state index contributed by atoms with van der Waals surface area (Å²) < 4.78 is 0. The van der Waals surface area contributed by atoms with E-state index in [0.717, 1.165) is 56.4 Å². The van der Waals surface area contributed by atoms with Gasteiger partial charge in [-0.3, -0.25) is 4.79 Å². The number of carbonyl (C=O) groups excluding carboxylic acids is 1. The fourth-order valence-electron chi connectivity index (χ4n) is 3.87. The van der Waals surface area contributed by atoms with E-state index in [4.69, 9.17) is 0 Å². The summed E-state index contributed by atoms with van der Waals surface area (Å²) in [4.78, 5) is 21.4. The molecule has 5 nitrogen and oxygen atoms in total. The first-order valence-corrected chi connectivity index (χ1v) is 10.1. The molecule has 27 heavy (non-hydrogen) atoms. The summed E-state index contributed by atoms with van der Waals surface area (Å²) in [6.07, 6.45) is 6.43. The molecule has 142 valence electrons. The predicted octanol–water partition coefficient (Wildman–Crippen LogP) is 4.30. The summed E-state index contributed by atoms with van der Waals surface area (Å²) in [5, 5.41) is 3.32. The van der Waals surface area contributed by atoms with E-state index < -0.39 is 0 Å². The van der Waals surface area contributed by atoms with E-state index in [0.29, 0.717) is 5.56 Å². The van der Waals surface area contributed by atoms with Crippen molar-refractivity contribution in [3.05, 3.63) is 48.2 Å². The molecule has 1 aromatic heterocycles. The van der Waals surface area contributed by atoms with Crippen molar-refractivity contribution in [2.45, 2.75) is 32.6 Å². The number of benzene rings is 1. The van der Waals surface area contributed by atoms with Crippen LogP contribution in [-0.4, -0.2) is 42.0 Å². The maximum absolute atomic E-state index is 12.6. The smallest absolute Gasteiger partial charge is 0.255 e. The van der Waals surface area contributed by atoms with Gasteiger partial charge in [0.05, 0.1) is 5.56 Å².